The smallest absolute Gasteiger partial charge is 0.191 e. The number of guanidine groups is 1. The molecule has 0 amide bonds. The van der Waals surface area contributed by atoms with Crippen molar-refractivity contribution in [3.63, 3.8) is 0 Å². The Bertz CT molecular complexity index is 649. The van der Waals surface area contributed by atoms with Crippen LogP contribution >= 0.6 is 17.0 Å². The van der Waals surface area contributed by atoms with Gasteiger partial charge in [-0.2, -0.15) is 0 Å². The molecule has 1 aromatic heterocycles. The number of hydrogen-bond donors (Lipinski definition) is 3. The maximum absolute atomic E-state index is 13.2. The third-order valence-corrected chi connectivity index (χ3v) is 4.09. The van der Waals surface area contributed by atoms with Gasteiger partial charge in [-0.25, -0.2) is 4.39 Å². The van der Waals surface area contributed by atoms with E-state index < -0.39 is 0 Å². The molecule has 1 aliphatic rings. The van der Waals surface area contributed by atoms with E-state index in [1.807, 2.05) is 12.3 Å². The number of nitrogens with zero attached hydrogens (tertiary/aromatic N) is 1. The van der Waals surface area contributed by atoms with Crippen molar-refractivity contribution in [1.82, 2.24) is 15.6 Å². The molecule has 0 spiro atoms. The van der Waals surface area contributed by atoms with Crippen LogP contribution < -0.4 is 10.6 Å². The molecule has 0 unspecified atom stereocenters. The number of aromatic amines is 1. The summed E-state index contributed by atoms with van der Waals surface area (Å²) in [6.45, 7) is 0.802. The number of aromatic nitrogens is 1. The Labute approximate surface area is 140 Å². The minimum absolute atomic E-state index is 0. The van der Waals surface area contributed by atoms with E-state index in [1.54, 1.807) is 7.05 Å². The highest BCUT2D eigenvalue weighted by atomic mass is 79.9. The zero-order chi connectivity index (χ0) is 14.7. The van der Waals surface area contributed by atoms with Gasteiger partial charge in [0.25, 0.3) is 0 Å². The minimum Gasteiger partial charge on any atom is -0.361 e. The standard InChI is InChI=1S/C16H21FN4.BrH/c1-18-16(21-13-3-2-4-13)19-8-7-11-10-20-15-9-12(17)5-6-14(11)15;/h5-6,9-10,13,20H,2-4,7-8H2,1H3,(H2,18,19,21);1H. The van der Waals surface area contributed by atoms with Gasteiger partial charge in [-0.3, -0.25) is 4.99 Å². The first kappa shape index (κ1) is 16.8. The minimum atomic E-state index is -0.209. The normalized spacial score (nSPS) is 15.3. The number of aliphatic imine (C=N–C) groups is 1. The number of rotatable bonds is 4. The van der Waals surface area contributed by atoms with E-state index in [9.17, 15) is 4.39 Å². The van der Waals surface area contributed by atoms with Crippen LogP contribution in [-0.2, 0) is 6.42 Å². The van der Waals surface area contributed by atoms with Crippen LogP contribution in [-0.4, -0.2) is 30.6 Å². The van der Waals surface area contributed by atoms with Gasteiger partial charge in [0.05, 0.1) is 0 Å². The van der Waals surface area contributed by atoms with Crippen LogP contribution in [0.5, 0.6) is 0 Å². The van der Waals surface area contributed by atoms with Crippen molar-refractivity contribution < 1.29 is 4.39 Å². The zero-order valence-electron chi connectivity index (χ0n) is 12.7. The summed E-state index contributed by atoms with van der Waals surface area (Å²) in [6.07, 6.45) is 6.59. The van der Waals surface area contributed by atoms with E-state index in [0.29, 0.717) is 6.04 Å². The highest BCUT2D eigenvalue weighted by Crippen LogP contribution is 2.19. The number of hydrogen-bond acceptors (Lipinski definition) is 1. The van der Waals surface area contributed by atoms with E-state index in [4.69, 9.17) is 0 Å². The van der Waals surface area contributed by atoms with Crippen molar-refractivity contribution in [2.75, 3.05) is 13.6 Å². The van der Waals surface area contributed by atoms with Crippen LogP contribution in [0.15, 0.2) is 29.4 Å². The lowest BCUT2D eigenvalue weighted by Crippen LogP contribution is -2.46. The second kappa shape index (κ2) is 7.63. The van der Waals surface area contributed by atoms with Crippen molar-refractivity contribution in [3.05, 3.63) is 35.8 Å². The Morgan fingerprint density at radius 1 is 1.41 bits per heavy atom. The van der Waals surface area contributed by atoms with Gasteiger partial charge < -0.3 is 15.6 Å². The average molecular weight is 369 g/mol. The summed E-state index contributed by atoms with van der Waals surface area (Å²) in [4.78, 5) is 7.36. The molecule has 0 atom stereocenters. The first-order valence-corrected chi connectivity index (χ1v) is 7.49. The van der Waals surface area contributed by atoms with Crippen LogP contribution in [0.3, 0.4) is 0 Å². The molecule has 1 saturated carbocycles. The van der Waals surface area contributed by atoms with Crippen LogP contribution in [0.4, 0.5) is 4.39 Å². The van der Waals surface area contributed by atoms with Crippen molar-refractivity contribution in [1.29, 1.82) is 0 Å². The monoisotopic (exact) mass is 368 g/mol. The molecule has 2 aromatic rings. The second-order valence-electron chi connectivity index (χ2n) is 5.52. The molecule has 120 valence electrons. The number of halogens is 2. The molecule has 1 aromatic carbocycles. The van der Waals surface area contributed by atoms with E-state index in [2.05, 4.69) is 20.6 Å². The quantitative estimate of drug-likeness (QED) is 0.573. The molecule has 3 rings (SSSR count). The summed E-state index contributed by atoms with van der Waals surface area (Å²) in [7, 11) is 1.79. The molecule has 6 heteroatoms. The van der Waals surface area contributed by atoms with Crippen LogP contribution in [0.2, 0.25) is 0 Å². The first-order chi connectivity index (χ1) is 10.3. The summed E-state index contributed by atoms with van der Waals surface area (Å²) < 4.78 is 13.2. The molecule has 0 radical (unpaired) electrons. The Hall–Kier alpha value is -1.56. The fourth-order valence-electron chi connectivity index (χ4n) is 2.62. The van der Waals surface area contributed by atoms with Crippen LogP contribution in [0, 0.1) is 5.82 Å². The number of fused-ring (bicyclic) bond motifs is 1. The van der Waals surface area contributed by atoms with Crippen LogP contribution in [0.25, 0.3) is 10.9 Å². The van der Waals surface area contributed by atoms with Gasteiger partial charge in [0.15, 0.2) is 5.96 Å². The van der Waals surface area contributed by atoms with E-state index in [1.165, 1.54) is 37.0 Å². The molecule has 0 bridgehead atoms. The molecule has 1 heterocycles. The van der Waals surface area contributed by atoms with Crippen molar-refractivity contribution in [3.8, 4) is 0 Å². The molecule has 0 saturated heterocycles. The largest absolute Gasteiger partial charge is 0.361 e. The van der Waals surface area contributed by atoms with E-state index in [0.717, 1.165) is 29.8 Å². The summed E-state index contributed by atoms with van der Waals surface area (Å²) >= 11 is 0. The van der Waals surface area contributed by atoms with Crippen molar-refractivity contribution in [2.45, 2.75) is 31.7 Å². The summed E-state index contributed by atoms with van der Waals surface area (Å²) in [5, 5.41) is 7.83. The maximum atomic E-state index is 13.2. The third-order valence-electron chi connectivity index (χ3n) is 4.09. The average Bonchev–Trinajstić information content (AvgIpc) is 2.83. The third kappa shape index (κ3) is 3.80. The van der Waals surface area contributed by atoms with Crippen molar-refractivity contribution >= 4 is 33.8 Å². The Morgan fingerprint density at radius 2 is 2.23 bits per heavy atom. The Balaban J connectivity index is 0.00000176. The topological polar surface area (TPSA) is 52.2 Å². The lowest BCUT2D eigenvalue weighted by Gasteiger charge is -2.28. The maximum Gasteiger partial charge on any atom is 0.191 e. The van der Waals surface area contributed by atoms with Gasteiger partial charge in [-0.15, -0.1) is 17.0 Å². The molecule has 22 heavy (non-hydrogen) atoms. The molecule has 4 nitrogen and oxygen atoms in total. The molecular weight excluding hydrogens is 347 g/mol. The summed E-state index contributed by atoms with van der Waals surface area (Å²) in [6, 6.07) is 5.44. The lowest BCUT2D eigenvalue weighted by molar-refractivity contribution is 0.380. The highest BCUT2D eigenvalue weighted by Gasteiger charge is 2.18. The number of nitrogens with one attached hydrogen (secondary N) is 3. The van der Waals surface area contributed by atoms with Gasteiger partial charge in [0, 0.05) is 36.7 Å². The van der Waals surface area contributed by atoms with Gasteiger partial charge in [0.1, 0.15) is 5.82 Å². The lowest BCUT2D eigenvalue weighted by atomic mass is 9.93. The van der Waals surface area contributed by atoms with Gasteiger partial charge in [-0.1, -0.05) is 0 Å². The molecule has 0 aliphatic heterocycles. The predicted molar refractivity (Wildman–Crippen MR) is 94.4 cm³/mol. The van der Waals surface area contributed by atoms with E-state index >= 15 is 0 Å². The number of H-pyrrole nitrogens is 1. The van der Waals surface area contributed by atoms with Crippen LogP contribution in [0.1, 0.15) is 24.8 Å². The summed E-state index contributed by atoms with van der Waals surface area (Å²) in [5.74, 6) is 0.657. The van der Waals surface area contributed by atoms with Gasteiger partial charge >= 0.3 is 0 Å². The SMILES string of the molecule is Br.CN=C(NCCc1c[nH]c2cc(F)ccc12)NC1CCC1. The predicted octanol–water partition coefficient (Wildman–Crippen LogP) is 3.14. The summed E-state index contributed by atoms with van der Waals surface area (Å²) in [5.41, 5.74) is 2.04. The second-order valence-corrected chi connectivity index (χ2v) is 5.52. The molecular formula is C16H22BrFN4. The highest BCUT2D eigenvalue weighted by molar-refractivity contribution is 8.93. The van der Waals surface area contributed by atoms with Gasteiger partial charge in [-0.05, 0) is 49.4 Å². The molecule has 1 fully saturated rings. The fourth-order valence-corrected chi connectivity index (χ4v) is 2.62. The Morgan fingerprint density at radius 3 is 2.91 bits per heavy atom. The van der Waals surface area contributed by atoms with E-state index in [-0.39, 0.29) is 22.8 Å². The Kier molecular flexibility index (Phi) is 5.83. The first-order valence-electron chi connectivity index (χ1n) is 7.49. The van der Waals surface area contributed by atoms with Gasteiger partial charge in [0.2, 0.25) is 0 Å². The number of benzene rings is 1. The molecule has 3 N–H and O–H groups in total. The fraction of sp³-hybridized carbons (Fsp3) is 0.438. The zero-order valence-corrected chi connectivity index (χ0v) is 14.4. The molecule has 1 aliphatic carbocycles. The van der Waals surface area contributed by atoms with Crippen molar-refractivity contribution in [2.24, 2.45) is 4.99 Å².